The molecule has 1 heterocycles. The SMILES string of the molecule is N#Cc1c[nH]c2cc(F)c(O)cc2c1=O. The Kier molecular flexibility index (Phi) is 1.90. The van der Waals surface area contributed by atoms with Crippen molar-refractivity contribution in [2.75, 3.05) is 0 Å². The second-order valence-electron chi connectivity index (χ2n) is 2.99. The molecule has 0 radical (unpaired) electrons. The number of H-pyrrole nitrogens is 1. The highest BCUT2D eigenvalue weighted by Crippen LogP contribution is 2.20. The maximum Gasteiger partial charge on any atom is 0.207 e. The van der Waals surface area contributed by atoms with Gasteiger partial charge in [0.25, 0.3) is 0 Å². The molecule has 0 fully saturated rings. The van der Waals surface area contributed by atoms with Crippen LogP contribution in [0.15, 0.2) is 23.1 Å². The molecule has 4 nitrogen and oxygen atoms in total. The monoisotopic (exact) mass is 204 g/mol. The molecule has 74 valence electrons. The fourth-order valence-corrected chi connectivity index (χ4v) is 1.31. The van der Waals surface area contributed by atoms with Crippen molar-refractivity contribution in [3.05, 3.63) is 39.9 Å². The Morgan fingerprint density at radius 3 is 2.87 bits per heavy atom. The highest BCUT2D eigenvalue weighted by Gasteiger charge is 2.08. The number of nitrogens with one attached hydrogen (secondary N) is 1. The van der Waals surface area contributed by atoms with Gasteiger partial charge in [-0.1, -0.05) is 0 Å². The summed E-state index contributed by atoms with van der Waals surface area (Å²) in [5.41, 5.74) is -0.357. The molecule has 0 aliphatic heterocycles. The predicted octanol–water partition coefficient (Wildman–Crippen LogP) is 1.24. The molecule has 5 heteroatoms. The Labute approximate surface area is 83.2 Å². The Bertz CT molecular complexity index is 640. The third-order valence-corrected chi connectivity index (χ3v) is 2.07. The van der Waals surface area contributed by atoms with Crippen molar-refractivity contribution < 1.29 is 9.50 Å². The molecule has 1 aromatic heterocycles. The van der Waals surface area contributed by atoms with Crippen LogP contribution in [0.5, 0.6) is 5.75 Å². The molecular formula is C10H5FN2O2. The normalized spacial score (nSPS) is 10.1. The van der Waals surface area contributed by atoms with Crippen LogP contribution in [0.3, 0.4) is 0 Å². The summed E-state index contributed by atoms with van der Waals surface area (Å²) in [7, 11) is 0. The lowest BCUT2D eigenvalue weighted by Gasteiger charge is -2.00. The number of pyridine rings is 1. The fourth-order valence-electron chi connectivity index (χ4n) is 1.31. The van der Waals surface area contributed by atoms with E-state index in [1.165, 1.54) is 6.20 Å². The van der Waals surface area contributed by atoms with Crippen LogP contribution in [0.1, 0.15) is 5.56 Å². The second-order valence-corrected chi connectivity index (χ2v) is 2.99. The van der Waals surface area contributed by atoms with Gasteiger partial charge in [0.2, 0.25) is 5.43 Å². The predicted molar refractivity (Wildman–Crippen MR) is 50.9 cm³/mol. The van der Waals surface area contributed by atoms with Crippen molar-refractivity contribution in [1.82, 2.24) is 4.98 Å². The molecule has 0 saturated carbocycles. The number of hydrogen-bond donors (Lipinski definition) is 2. The Morgan fingerprint density at radius 1 is 1.47 bits per heavy atom. The van der Waals surface area contributed by atoms with Crippen molar-refractivity contribution >= 4 is 10.9 Å². The fraction of sp³-hybridized carbons (Fsp3) is 0. The number of hydrogen-bond acceptors (Lipinski definition) is 3. The molecule has 0 amide bonds. The van der Waals surface area contributed by atoms with Gasteiger partial charge < -0.3 is 10.1 Å². The van der Waals surface area contributed by atoms with Crippen LogP contribution in [0.25, 0.3) is 10.9 Å². The van der Waals surface area contributed by atoms with Gasteiger partial charge >= 0.3 is 0 Å². The van der Waals surface area contributed by atoms with E-state index in [1.807, 2.05) is 0 Å². The molecular weight excluding hydrogens is 199 g/mol. The van der Waals surface area contributed by atoms with Crippen molar-refractivity contribution in [3.63, 3.8) is 0 Å². The summed E-state index contributed by atoms with van der Waals surface area (Å²) in [6.45, 7) is 0. The molecule has 2 N–H and O–H groups in total. The van der Waals surface area contributed by atoms with E-state index in [9.17, 15) is 9.18 Å². The van der Waals surface area contributed by atoms with Crippen LogP contribution >= 0.6 is 0 Å². The van der Waals surface area contributed by atoms with Crippen LogP contribution in [-0.4, -0.2) is 10.1 Å². The number of nitriles is 1. The van der Waals surface area contributed by atoms with Gasteiger partial charge in [0.05, 0.1) is 10.9 Å². The number of benzene rings is 1. The van der Waals surface area contributed by atoms with Gasteiger partial charge in [-0.15, -0.1) is 0 Å². The number of nitrogens with zero attached hydrogens (tertiary/aromatic N) is 1. The minimum atomic E-state index is -0.817. The van der Waals surface area contributed by atoms with Crippen LogP contribution in [-0.2, 0) is 0 Å². The lowest BCUT2D eigenvalue weighted by atomic mass is 10.1. The van der Waals surface area contributed by atoms with Gasteiger partial charge in [-0.2, -0.15) is 5.26 Å². The van der Waals surface area contributed by atoms with E-state index in [1.54, 1.807) is 6.07 Å². The maximum atomic E-state index is 12.9. The molecule has 0 spiro atoms. The molecule has 0 bridgehead atoms. The molecule has 0 unspecified atom stereocenters. The molecule has 2 aromatic rings. The van der Waals surface area contributed by atoms with Crippen molar-refractivity contribution in [3.8, 4) is 11.8 Å². The summed E-state index contributed by atoms with van der Waals surface area (Å²) >= 11 is 0. The number of phenols is 1. The number of aromatic nitrogens is 1. The lowest BCUT2D eigenvalue weighted by Crippen LogP contribution is -2.07. The van der Waals surface area contributed by atoms with E-state index in [2.05, 4.69) is 4.98 Å². The number of rotatable bonds is 0. The number of aromatic amines is 1. The first-order chi connectivity index (χ1) is 7.13. The van der Waals surface area contributed by atoms with Crippen molar-refractivity contribution in [2.45, 2.75) is 0 Å². The molecule has 15 heavy (non-hydrogen) atoms. The van der Waals surface area contributed by atoms with Gasteiger partial charge in [0, 0.05) is 12.3 Å². The molecule has 1 aromatic carbocycles. The van der Waals surface area contributed by atoms with E-state index < -0.39 is 17.0 Å². The highest BCUT2D eigenvalue weighted by atomic mass is 19.1. The smallest absolute Gasteiger partial charge is 0.207 e. The number of halogens is 1. The first-order valence-electron chi connectivity index (χ1n) is 4.07. The summed E-state index contributed by atoms with van der Waals surface area (Å²) < 4.78 is 12.9. The molecule has 2 rings (SSSR count). The molecule has 0 atom stereocenters. The van der Waals surface area contributed by atoms with Crippen LogP contribution in [0, 0.1) is 17.1 Å². The Hall–Kier alpha value is -2.35. The number of fused-ring (bicyclic) bond motifs is 1. The third kappa shape index (κ3) is 1.32. The van der Waals surface area contributed by atoms with Gasteiger partial charge in [-0.05, 0) is 6.07 Å². The zero-order valence-corrected chi connectivity index (χ0v) is 7.41. The number of phenolic OH excluding ortho intramolecular Hbond substituents is 1. The summed E-state index contributed by atoms with van der Waals surface area (Å²) in [5, 5.41) is 17.8. The zero-order chi connectivity index (χ0) is 11.0. The first kappa shape index (κ1) is 9.21. The van der Waals surface area contributed by atoms with Gasteiger partial charge in [0.15, 0.2) is 11.6 Å². The highest BCUT2D eigenvalue weighted by molar-refractivity contribution is 5.81. The van der Waals surface area contributed by atoms with E-state index in [0.717, 1.165) is 12.1 Å². The standard InChI is InChI=1S/C10H5FN2O2/c11-7-2-8-6(1-9(7)14)10(15)5(3-12)4-13-8/h1-2,4,14H,(H,13,15). The third-order valence-electron chi connectivity index (χ3n) is 2.07. The average molecular weight is 204 g/mol. The van der Waals surface area contributed by atoms with Gasteiger partial charge in [-0.25, -0.2) is 4.39 Å². The maximum absolute atomic E-state index is 12.9. The second kappa shape index (κ2) is 3.10. The van der Waals surface area contributed by atoms with E-state index in [0.29, 0.717) is 0 Å². The average Bonchev–Trinajstić information content (AvgIpc) is 2.22. The van der Waals surface area contributed by atoms with Crippen molar-refractivity contribution in [1.29, 1.82) is 5.26 Å². The lowest BCUT2D eigenvalue weighted by molar-refractivity contribution is 0.433. The van der Waals surface area contributed by atoms with E-state index in [-0.39, 0.29) is 16.5 Å². The van der Waals surface area contributed by atoms with Gasteiger partial charge in [-0.3, -0.25) is 4.79 Å². The van der Waals surface area contributed by atoms with E-state index in [4.69, 9.17) is 10.4 Å². The summed E-state index contributed by atoms with van der Waals surface area (Å²) in [5.74, 6) is -1.43. The Morgan fingerprint density at radius 2 is 2.20 bits per heavy atom. The molecule has 0 saturated heterocycles. The van der Waals surface area contributed by atoms with Crippen molar-refractivity contribution in [2.24, 2.45) is 0 Å². The minimum Gasteiger partial charge on any atom is -0.505 e. The van der Waals surface area contributed by atoms with Crippen LogP contribution in [0.4, 0.5) is 4.39 Å². The van der Waals surface area contributed by atoms with E-state index >= 15 is 0 Å². The summed E-state index contributed by atoms with van der Waals surface area (Å²) in [6, 6.07) is 3.71. The topological polar surface area (TPSA) is 76.9 Å². The molecule has 0 aliphatic carbocycles. The first-order valence-corrected chi connectivity index (χ1v) is 4.07. The summed E-state index contributed by atoms with van der Waals surface area (Å²) in [6.07, 6.45) is 1.21. The molecule has 0 aliphatic rings. The van der Waals surface area contributed by atoms with Gasteiger partial charge in [0.1, 0.15) is 11.6 Å². The zero-order valence-electron chi connectivity index (χ0n) is 7.41. The van der Waals surface area contributed by atoms with Crippen LogP contribution < -0.4 is 5.43 Å². The largest absolute Gasteiger partial charge is 0.505 e. The quantitative estimate of drug-likeness (QED) is 0.677. The number of aromatic hydroxyl groups is 1. The summed E-state index contributed by atoms with van der Waals surface area (Å²) in [4.78, 5) is 14.2. The minimum absolute atomic E-state index is 0.0755. The Balaban J connectivity index is 2.96. The van der Waals surface area contributed by atoms with Crippen LogP contribution in [0.2, 0.25) is 0 Å².